The lowest BCUT2D eigenvalue weighted by atomic mass is 10.1. The Hall–Kier alpha value is -3.58. The molecule has 0 spiro atoms. The maximum absolute atomic E-state index is 12.6. The maximum atomic E-state index is 12.6. The molecule has 0 bridgehead atoms. The van der Waals surface area contributed by atoms with Crippen LogP contribution >= 0.6 is 11.8 Å². The minimum absolute atomic E-state index is 0.186. The molecular formula is C24H23N3O3S. The zero-order valence-electron chi connectivity index (χ0n) is 17.2. The van der Waals surface area contributed by atoms with E-state index in [0.29, 0.717) is 16.9 Å². The number of hydrogen-bond acceptors (Lipinski definition) is 4. The minimum atomic E-state index is -0.603. The Bertz CT molecular complexity index is 1130. The van der Waals surface area contributed by atoms with E-state index in [4.69, 9.17) is 5.73 Å². The molecule has 0 radical (unpaired) electrons. The second-order valence-electron chi connectivity index (χ2n) is 6.96. The highest BCUT2D eigenvalue weighted by Crippen LogP contribution is 2.27. The fourth-order valence-electron chi connectivity index (χ4n) is 2.97. The fourth-order valence-corrected chi connectivity index (χ4v) is 3.90. The third kappa shape index (κ3) is 5.73. The molecule has 0 fully saturated rings. The summed E-state index contributed by atoms with van der Waals surface area (Å²) in [6.45, 7) is 3.66. The number of carbonyl (C=O) groups excluding carboxylic acids is 3. The molecule has 6 nitrogen and oxygen atoms in total. The molecule has 0 heterocycles. The summed E-state index contributed by atoms with van der Waals surface area (Å²) in [6, 6.07) is 21.3. The van der Waals surface area contributed by atoms with Crippen LogP contribution in [0.4, 0.5) is 11.4 Å². The van der Waals surface area contributed by atoms with Crippen LogP contribution in [-0.2, 0) is 4.79 Å². The zero-order chi connectivity index (χ0) is 22.4. The van der Waals surface area contributed by atoms with Gasteiger partial charge in [-0.1, -0.05) is 36.4 Å². The van der Waals surface area contributed by atoms with E-state index in [-0.39, 0.29) is 17.4 Å². The van der Waals surface area contributed by atoms with Crippen molar-refractivity contribution < 1.29 is 14.4 Å². The summed E-state index contributed by atoms with van der Waals surface area (Å²) < 4.78 is 0. The molecule has 0 aliphatic heterocycles. The second kappa shape index (κ2) is 9.95. The smallest absolute Gasteiger partial charge is 0.255 e. The zero-order valence-corrected chi connectivity index (χ0v) is 18.0. The summed E-state index contributed by atoms with van der Waals surface area (Å²) in [5.41, 5.74) is 8.16. The van der Waals surface area contributed by atoms with Gasteiger partial charge in [0.15, 0.2) is 0 Å². The molecule has 1 unspecified atom stereocenters. The number of amides is 3. The number of para-hydroxylation sites is 1. The molecule has 0 saturated heterocycles. The van der Waals surface area contributed by atoms with E-state index < -0.39 is 11.2 Å². The predicted octanol–water partition coefficient (Wildman–Crippen LogP) is 4.47. The highest BCUT2D eigenvalue weighted by Gasteiger charge is 2.17. The number of thioether (sulfide) groups is 1. The van der Waals surface area contributed by atoms with Gasteiger partial charge in [-0.05, 0) is 55.8 Å². The van der Waals surface area contributed by atoms with E-state index in [9.17, 15) is 14.4 Å². The summed E-state index contributed by atoms with van der Waals surface area (Å²) in [5.74, 6) is -1.05. The first-order chi connectivity index (χ1) is 14.8. The van der Waals surface area contributed by atoms with Gasteiger partial charge in [0.25, 0.3) is 11.8 Å². The number of benzene rings is 3. The van der Waals surface area contributed by atoms with Crippen LogP contribution in [0, 0.1) is 6.92 Å². The van der Waals surface area contributed by atoms with E-state index in [1.807, 2.05) is 43.3 Å². The van der Waals surface area contributed by atoms with Crippen molar-refractivity contribution in [2.75, 3.05) is 10.6 Å². The highest BCUT2D eigenvalue weighted by molar-refractivity contribution is 8.00. The van der Waals surface area contributed by atoms with Crippen molar-refractivity contribution in [2.24, 2.45) is 5.73 Å². The van der Waals surface area contributed by atoms with Crippen molar-refractivity contribution in [1.29, 1.82) is 0 Å². The average molecular weight is 434 g/mol. The molecule has 0 aliphatic carbocycles. The Morgan fingerprint density at radius 1 is 0.871 bits per heavy atom. The lowest BCUT2D eigenvalue weighted by molar-refractivity contribution is -0.115. The Morgan fingerprint density at radius 2 is 1.55 bits per heavy atom. The molecule has 7 heteroatoms. The number of aryl methyl sites for hydroxylation is 1. The lowest BCUT2D eigenvalue weighted by Crippen LogP contribution is -2.24. The summed E-state index contributed by atoms with van der Waals surface area (Å²) in [4.78, 5) is 37.5. The first kappa shape index (κ1) is 22.1. The van der Waals surface area contributed by atoms with E-state index in [2.05, 4.69) is 10.6 Å². The van der Waals surface area contributed by atoms with E-state index in [1.165, 1.54) is 11.8 Å². The summed E-state index contributed by atoms with van der Waals surface area (Å²) in [5, 5.41) is 5.21. The molecule has 0 aromatic heterocycles. The topological polar surface area (TPSA) is 101 Å². The molecule has 3 amide bonds. The molecule has 3 aromatic rings. The number of primary amides is 1. The molecule has 0 saturated carbocycles. The van der Waals surface area contributed by atoms with Gasteiger partial charge in [-0.2, -0.15) is 0 Å². The van der Waals surface area contributed by atoms with Crippen LogP contribution in [0.15, 0.2) is 77.7 Å². The van der Waals surface area contributed by atoms with Gasteiger partial charge in [0, 0.05) is 16.1 Å². The first-order valence-corrected chi connectivity index (χ1v) is 10.6. The second-order valence-corrected chi connectivity index (χ2v) is 8.37. The Kier molecular flexibility index (Phi) is 7.10. The number of nitrogens with one attached hydrogen (secondary N) is 2. The first-order valence-electron chi connectivity index (χ1n) is 9.68. The van der Waals surface area contributed by atoms with Gasteiger partial charge in [-0.15, -0.1) is 11.8 Å². The highest BCUT2D eigenvalue weighted by atomic mass is 32.2. The molecule has 1 atom stereocenters. The number of rotatable bonds is 7. The van der Waals surface area contributed by atoms with Crippen molar-refractivity contribution >= 4 is 40.9 Å². The Labute approximate surface area is 185 Å². The number of nitrogens with two attached hydrogens (primary N) is 1. The molecule has 3 aromatic carbocycles. The van der Waals surface area contributed by atoms with Crippen LogP contribution in [0.1, 0.15) is 33.2 Å². The molecule has 0 aliphatic rings. The van der Waals surface area contributed by atoms with Crippen LogP contribution in [0.5, 0.6) is 0 Å². The van der Waals surface area contributed by atoms with Gasteiger partial charge >= 0.3 is 0 Å². The minimum Gasteiger partial charge on any atom is -0.366 e. The molecule has 158 valence electrons. The number of anilines is 2. The van der Waals surface area contributed by atoms with Gasteiger partial charge in [0.1, 0.15) is 0 Å². The summed E-state index contributed by atoms with van der Waals surface area (Å²) in [6.07, 6.45) is 0. The molecule has 31 heavy (non-hydrogen) atoms. The van der Waals surface area contributed by atoms with Crippen LogP contribution in [0.2, 0.25) is 0 Å². The van der Waals surface area contributed by atoms with E-state index in [1.54, 1.807) is 43.3 Å². The van der Waals surface area contributed by atoms with Gasteiger partial charge in [-0.3, -0.25) is 14.4 Å². The summed E-state index contributed by atoms with van der Waals surface area (Å²) >= 11 is 1.35. The van der Waals surface area contributed by atoms with Crippen molar-refractivity contribution in [3.05, 3.63) is 89.5 Å². The van der Waals surface area contributed by atoms with Gasteiger partial charge < -0.3 is 16.4 Å². The van der Waals surface area contributed by atoms with Gasteiger partial charge in [0.05, 0.1) is 16.5 Å². The third-order valence-electron chi connectivity index (χ3n) is 4.61. The standard InChI is InChI=1S/C24H23N3O3S/c1-15-8-3-4-11-19(15)24(30)26-17-9-7-10-18(14-17)31-16(2)23(29)27-21-13-6-5-12-20(21)22(25)28/h3-14,16H,1-2H3,(H2,25,28)(H,26,30)(H,27,29). The van der Waals surface area contributed by atoms with E-state index >= 15 is 0 Å². The number of hydrogen-bond donors (Lipinski definition) is 3. The van der Waals surface area contributed by atoms with Crippen LogP contribution < -0.4 is 16.4 Å². The van der Waals surface area contributed by atoms with Crippen LogP contribution in [0.3, 0.4) is 0 Å². The van der Waals surface area contributed by atoms with Crippen LogP contribution in [-0.4, -0.2) is 23.0 Å². The van der Waals surface area contributed by atoms with E-state index in [0.717, 1.165) is 10.5 Å². The maximum Gasteiger partial charge on any atom is 0.255 e. The normalized spacial score (nSPS) is 11.4. The lowest BCUT2D eigenvalue weighted by Gasteiger charge is -2.14. The van der Waals surface area contributed by atoms with Crippen molar-refractivity contribution in [2.45, 2.75) is 24.0 Å². The summed E-state index contributed by atoms with van der Waals surface area (Å²) in [7, 11) is 0. The number of carbonyl (C=O) groups is 3. The average Bonchev–Trinajstić information content (AvgIpc) is 2.74. The largest absolute Gasteiger partial charge is 0.366 e. The fraction of sp³-hybridized carbons (Fsp3) is 0.125. The van der Waals surface area contributed by atoms with Crippen molar-refractivity contribution in [3.63, 3.8) is 0 Å². The van der Waals surface area contributed by atoms with Crippen molar-refractivity contribution in [3.8, 4) is 0 Å². The molecule has 4 N–H and O–H groups in total. The third-order valence-corrected chi connectivity index (χ3v) is 5.71. The van der Waals surface area contributed by atoms with Crippen molar-refractivity contribution in [1.82, 2.24) is 0 Å². The predicted molar refractivity (Wildman–Crippen MR) is 124 cm³/mol. The molecule has 3 rings (SSSR count). The Balaban J connectivity index is 1.66. The van der Waals surface area contributed by atoms with Gasteiger partial charge in [-0.25, -0.2) is 0 Å². The monoisotopic (exact) mass is 433 g/mol. The Morgan fingerprint density at radius 3 is 2.26 bits per heavy atom. The van der Waals surface area contributed by atoms with Gasteiger partial charge in [0.2, 0.25) is 5.91 Å². The van der Waals surface area contributed by atoms with Crippen LogP contribution in [0.25, 0.3) is 0 Å². The SMILES string of the molecule is Cc1ccccc1C(=O)Nc1cccc(SC(C)C(=O)Nc2ccccc2C(N)=O)c1. The quantitative estimate of drug-likeness (QED) is 0.479. The molecular weight excluding hydrogens is 410 g/mol.